The van der Waals surface area contributed by atoms with Gasteiger partial charge in [-0.25, -0.2) is 0 Å². The lowest BCUT2D eigenvalue weighted by molar-refractivity contribution is -0.122. The number of hydrogen-bond acceptors (Lipinski definition) is 1. The predicted molar refractivity (Wildman–Crippen MR) is 47.7 cm³/mol. The Morgan fingerprint density at radius 3 is 2.58 bits per heavy atom. The summed E-state index contributed by atoms with van der Waals surface area (Å²) in [6, 6.07) is 0.520. The van der Waals surface area contributed by atoms with Gasteiger partial charge in [0, 0.05) is 12.5 Å². The second kappa shape index (κ2) is 3.08. The number of carbonyl (C=O) groups is 1. The van der Waals surface area contributed by atoms with Crippen LogP contribution in [0.2, 0.25) is 0 Å². The van der Waals surface area contributed by atoms with Crippen molar-refractivity contribution in [1.82, 2.24) is 5.32 Å². The molecule has 68 valence electrons. The third-order valence-corrected chi connectivity index (χ3v) is 3.19. The molecule has 0 spiro atoms. The molecule has 2 aliphatic rings. The van der Waals surface area contributed by atoms with Crippen LogP contribution in [0.4, 0.5) is 0 Å². The van der Waals surface area contributed by atoms with Crippen molar-refractivity contribution in [2.75, 3.05) is 0 Å². The van der Waals surface area contributed by atoms with Crippen molar-refractivity contribution in [3.05, 3.63) is 0 Å². The van der Waals surface area contributed by atoms with Crippen LogP contribution in [0.3, 0.4) is 0 Å². The van der Waals surface area contributed by atoms with E-state index in [0.717, 1.165) is 12.3 Å². The molecule has 12 heavy (non-hydrogen) atoms. The summed E-state index contributed by atoms with van der Waals surface area (Å²) in [4.78, 5) is 11.3. The lowest BCUT2D eigenvalue weighted by atomic mass is 9.93. The zero-order valence-electron chi connectivity index (χ0n) is 7.68. The van der Waals surface area contributed by atoms with Gasteiger partial charge in [-0.2, -0.15) is 0 Å². The summed E-state index contributed by atoms with van der Waals surface area (Å²) in [5.74, 6) is 1.79. The average Bonchev–Trinajstić information content (AvgIpc) is 2.58. The molecule has 2 fully saturated rings. The third kappa shape index (κ3) is 1.79. The quantitative estimate of drug-likeness (QED) is 0.681. The van der Waals surface area contributed by atoms with E-state index in [4.69, 9.17) is 0 Å². The molecule has 0 aromatic carbocycles. The van der Waals surface area contributed by atoms with E-state index in [9.17, 15) is 4.79 Å². The topological polar surface area (TPSA) is 29.1 Å². The standard InChI is InChI=1S/C10H17NO/c1-7-5-8(7)6-10(12)11-9-3-2-4-9/h7-9H,2-6H2,1H3,(H,11,12). The maximum Gasteiger partial charge on any atom is 0.220 e. The van der Waals surface area contributed by atoms with Gasteiger partial charge in [0.15, 0.2) is 0 Å². The van der Waals surface area contributed by atoms with E-state index in [1.54, 1.807) is 0 Å². The van der Waals surface area contributed by atoms with Crippen LogP contribution in [0.25, 0.3) is 0 Å². The van der Waals surface area contributed by atoms with Gasteiger partial charge in [-0.3, -0.25) is 4.79 Å². The molecular formula is C10H17NO. The van der Waals surface area contributed by atoms with Gasteiger partial charge in [0.25, 0.3) is 0 Å². The Bertz CT molecular complexity index is 178. The summed E-state index contributed by atoms with van der Waals surface area (Å²) >= 11 is 0. The van der Waals surface area contributed by atoms with E-state index in [2.05, 4.69) is 12.2 Å². The van der Waals surface area contributed by atoms with Crippen molar-refractivity contribution in [2.24, 2.45) is 11.8 Å². The van der Waals surface area contributed by atoms with Gasteiger partial charge in [0.05, 0.1) is 0 Å². The molecule has 2 aliphatic carbocycles. The highest BCUT2D eigenvalue weighted by Crippen LogP contribution is 2.40. The summed E-state index contributed by atoms with van der Waals surface area (Å²) in [7, 11) is 0. The van der Waals surface area contributed by atoms with E-state index in [1.165, 1.54) is 25.7 Å². The molecule has 1 amide bonds. The van der Waals surface area contributed by atoms with Crippen LogP contribution >= 0.6 is 0 Å². The summed E-state index contributed by atoms with van der Waals surface area (Å²) in [6.45, 7) is 2.22. The van der Waals surface area contributed by atoms with E-state index in [1.807, 2.05) is 0 Å². The van der Waals surface area contributed by atoms with Gasteiger partial charge < -0.3 is 5.32 Å². The van der Waals surface area contributed by atoms with E-state index in [-0.39, 0.29) is 5.91 Å². The monoisotopic (exact) mass is 167 g/mol. The van der Waals surface area contributed by atoms with Gasteiger partial charge in [-0.05, 0) is 37.5 Å². The van der Waals surface area contributed by atoms with Crippen molar-refractivity contribution >= 4 is 5.91 Å². The fourth-order valence-electron chi connectivity index (χ4n) is 1.76. The fourth-order valence-corrected chi connectivity index (χ4v) is 1.76. The lowest BCUT2D eigenvalue weighted by Crippen LogP contribution is -2.39. The molecule has 0 heterocycles. The highest BCUT2D eigenvalue weighted by molar-refractivity contribution is 5.76. The zero-order valence-corrected chi connectivity index (χ0v) is 7.68. The molecule has 2 heteroatoms. The maximum absolute atomic E-state index is 11.3. The van der Waals surface area contributed by atoms with Crippen molar-refractivity contribution in [3.8, 4) is 0 Å². The molecule has 0 aromatic rings. The number of rotatable bonds is 3. The predicted octanol–water partition coefficient (Wildman–Crippen LogP) is 1.70. The molecule has 0 saturated heterocycles. The van der Waals surface area contributed by atoms with Gasteiger partial charge >= 0.3 is 0 Å². The Morgan fingerprint density at radius 1 is 1.50 bits per heavy atom. The molecule has 0 aromatic heterocycles. The Morgan fingerprint density at radius 2 is 2.17 bits per heavy atom. The molecule has 0 radical (unpaired) electrons. The molecule has 2 atom stereocenters. The molecule has 0 bridgehead atoms. The van der Waals surface area contributed by atoms with E-state index < -0.39 is 0 Å². The largest absolute Gasteiger partial charge is 0.353 e. The number of nitrogens with one attached hydrogen (secondary N) is 1. The maximum atomic E-state index is 11.3. The van der Waals surface area contributed by atoms with Crippen LogP contribution in [0, 0.1) is 11.8 Å². The van der Waals surface area contributed by atoms with Crippen molar-refractivity contribution in [1.29, 1.82) is 0 Å². The Hall–Kier alpha value is -0.530. The molecule has 1 N–H and O–H groups in total. The first-order chi connectivity index (χ1) is 5.75. The molecular weight excluding hydrogens is 150 g/mol. The summed E-state index contributed by atoms with van der Waals surface area (Å²) in [6.07, 6.45) is 5.73. The third-order valence-electron chi connectivity index (χ3n) is 3.19. The van der Waals surface area contributed by atoms with Gasteiger partial charge in [-0.15, -0.1) is 0 Å². The van der Waals surface area contributed by atoms with Gasteiger partial charge in [0.2, 0.25) is 5.91 Å². The number of amides is 1. The lowest BCUT2D eigenvalue weighted by Gasteiger charge is -2.26. The zero-order chi connectivity index (χ0) is 8.55. The first-order valence-electron chi connectivity index (χ1n) is 5.05. The SMILES string of the molecule is CC1CC1CC(=O)NC1CCC1. The van der Waals surface area contributed by atoms with Gasteiger partial charge in [-0.1, -0.05) is 6.92 Å². The molecule has 2 rings (SSSR count). The Labute approximate surface area is 73.7 Å². The van der Waals surface area contributed by atoms with Crippen LogP contribution in [-0.2, 0) is 4.79 Å². The van der Waals surface area contributed by atoms with E-state index in [0.29, 0.717) is 12.0 Å². The van der Waals surface area contributed by atoms with Crippen LogP contribution in [-0.4, -0.2) is 11.9 Å². The van der Waals surface area contributed by atoms with Crippen LogP contribution in [0.5, 0.6) is 0 Å². The molecule has 2 unspecified atom stereocenters. The minimum absolute atomic E-state index is 0.286. The first kappa shape index (κ1) is 8.09. The second-order valence-corrected chi connectivity index (χ2v) is 4.37. The molecule has 2 saturated carbocycles. The summed E-state index contributed by atoms with van der Waals surface area (Å²) in [5.41, 5.74) is 0. The van der Waals surface area contributed by atoms with Gasteiger partial charge in [0.1, 0.15) is 0 Å². The average molecular weight is 167 g/mol. The van der Waals surface area contributed by atoms with Crippen LogP contribution < -0.4 is 5.32 Å². The Balaban J connectivity index is 1.63. The van der Waals surface area contributed by atoms with Crippen molar-refractivity contribution < 1.29 is 4.79 Å². The smallest absolute Gasteiger partial charge is 0.220 e. The molecule has 0 aliphatic heterocycles. The number of hydrogen-bond donors (Lipinski definition) is 1. The van der Waals surface area contributed by atoms with Crippen LogP contribution in [0.15, 0.2) is 0 Å². The normalized spacial score (nSPS) is 34.1. The van der Waals surface area contributed by atoms with Crippen LogP contribution in [0.1, 0.15) is 39.0 Å². The minimum Gasteiger partial charge on any atom is -0.353 e. The fraction of sp³-hybridized carbons (Fsp3) is 0.900. The molecule has 2 nitrogen and oxygen atoms in total. The van der Waals surface area contributed by atoms with E-state index >= 15 is 0 Å². The second-order valence-electron chi connectivity index (χ2n) is 4.37. The van der Waals surface area contributed by atoms with Crippen molar-refractivity contribution in [2.45, 2.75) is 45.1 Å². The summed E-state index contributed by atoms with van der Waals surface area (Å²) < 4.78 is 0. The van der Waals surface area contributed by atoms with Crippen molar-refractivity contribution in [3.63, 3.8) is 0 Å². The number of carbonyl (C=O) groups excluding carboxylic acids is 1. The Kier molecular flexibility index (Phi) is 2.07. The highest BCUT2D eigenvalue weighted by atomic mass is 16.1. The minimum atomic E-state index is 0.286. The highest BCUT2D eigenvalue weighted by Gasteiger charge is 2.34. The summed E-state index contributed by atoms with van der Waals surface area (Å²) in [5, 5.41) is 3.07. The first-order valence-corrected chi connectivity index (χ1v) is 5.05.